The summed E-state index contributed by atoms with van der Waals surface area (Å²) >= 11 is 0. The van der Waals surface area contributed by atoms with Crippen LogP contribution in [0.4, 0.5) is 0 Å². The number of ether oxygens (including phenoxy) is 3. The molecule has 0 N–H and O–H groups in total. The highest BCUT2D eigenvalue weighted by atomic mass is 16.5. The zero-order valence-electron chi connectivity index (χ0n) is 17.2. The summed E-state index contributed by atoms with van der Waals surface area (Å²) in [5.74, 6) is 0. The van der Waals surface area contributed by atoms with Crippen LogP contribution in [0.15, 0.2) is 24.3 Å². The number of hydrogen-bond acceptors (Lipinski definition) is 3. The topological polar surface area (TPSA) is 27.7 Å². The molecule has 0 fully saturated rings. The second-order valence-corrected chi connectivity index (χ2v) is 9.15. The van der Waals surface area contributed by atoms with Crippen molar-refractivity contribution < 1.29 is 14.2 Å². The van der Waals surface area contributed by atoms with Gasteiger partial charge in [0.05, 0.1) is 33.0 Å². The van der Waals surface area contributed by atoms with E-state index >= 15 is 0 Å². The predicted octanol–water partition coefficient (Wildman–Crippen LogP) is 5.26. The third-order valence-corrected chi connectivity index (χ3v) is 3.73. The normalized spacial score (nSPS) is 12.6. The van der Waals surface area contributed by atoms with Crippen molar-refractivity contribution in [3.63, 3.8) is 0 Å². The van der Waals surface area contributed by atoms with Crippen molar-refractivity contribution in [1.82, 2.24) is 0 Å². The molecule has 0 spiro atoms. The standard InChI is InChI=1S/C22H38O3/c1-21(2,3)10-11-23-12-13-24-14-15-25-18-20-9-7-8-19(16-20)17-22(4,5)6/h7-9,16H,10-15,17-18H2,1-6H3. The largest absolute Gasteiger partial charge is 0.379 e. The molecule has 0 saturated heterocycles. The fourth-order valence-electron chi connectivity index (χ4n) is 2.45. The third-order valence-electron chi connectivity index (χ3n) is 3.73. The first-order valence-corrected chi connectivity index (χ1v) is 9.47. The molecule has 1 aromatic carbocycles. The lowest BCUT2D eigenvalue weighted by Crippen LogP contribution is -2.13. The van der Waals surface area contributed by atoms with E-state index in [1.807, 2.05) is 0 Å². The van der Waals surface area contributed by atoms with Crippen molar-refractivity contribution in [3.05, 3.63) is 35.4 Å². The number of hydrogen-bond donors (Lipinski definition) is 0. The van der Waals surface area contributed by atoms with Crippen LogP contribution in [-0.2, 0) is 27.2 Å². The SMILES string of the molecule is CC(C)(C)CCOCCOCCOCc1cccc(CC(C)(C)C)c1. The van der Waals surface area contributed by atoms with Crippen LogP contribution in [-0.4, -0.2) is 33.0 Å². The van der Waals surface area contributed by atoms with Crippen LogP contribution in [0.1, 0.15) is 59.1 Å². The van der Waals surface area contributed by atoms with Gasteiger partial charge in [-0.3, -0.25) is 0 Å². The van der Waals surface area contributed by atoms with Gasteiger partial charge < -0.3 is 14.2 Å². The van der Waals surface area contributed by atoms with E-state index < -0.39 is 0 Å². The van der Waals surface area contributed by atoms with Crippen molar-refractivity contribution in [2.24, 2.45) is 10.8 Å². The van der Waals surface area contributed by atoms with Crippen LogP contribution in [0, 0.1) is 10.8 Å². The van der Waals surface area contributed by atoms with Crippen LogP contribution in [0.2, 0.25) is 0 Å². The fourth-order valence-corrected chi connectivity index (χ4v) is 2.45. The molecule has 0 heterocycles. The first-order chi connectivity index (χ1) is 11.7. The molecule has 3 nitrogen and oxygen atoms in total. The van der Waals surface area contributed by atoms with Crippen LogP contribution in [0.5, 0.6) is 0 Å². The Morgan fingerprint density at radius 3 is 1.84 bits per heavy atom. The first kappa shape index (κ1) is 22.1. The highest BCUT2D eigenvalue weighted by molar-refractivity contribution is 5.23. The van der Waals surface area contributed by atoms with Crippen molar-refractivity contribution >= 4 is 0 Å². The second kappa shape index (κ2) is 10.9. The zero-order valence-corrected chi connectivity index (χ0v) is 17.2. The van der Waals surface area contributed by atoms with Gasteiger partial charge in [-0.15, -0.1) is 0 Å². The molecular formula is C22H38O3. The lowest BCUT2D eigenvalue weighted by atomic mass is 9.88. The fraction of sp³-hybridized carbons (Fsp3) is 0.727. The minimum absolute atomic E-state index is 0.308. The molecule has 0 unspecified atom stereocenters. The average Bonchev–Trinajstić information content (AvgIpc) is 2.46. The van der Waals surface area contributed by atoms with Crippen LogP contribution >= 0.6 is 0 Å². The van der Waals surface area contributed by atoms with E-state index in [9.17, 15) is 0 Å². The summed E-state index contributed by atoms with van der Waals surface area (Å²) in [7, 11) is 0. The first-order valence-electron chi connectivity index (χ1n) is 9.47. The summed E-state index contributed by atoms with van der Waals surface area (Å²) in [5, 5.41) is 0. The Kier molecular flexibility index (Phi) is 9.70. The molecule has 0 radical (unpaired) electrons. The molecular weight excluding hydrogens is 312 g/mol. The van der Waals surface area contributed by atoms with Crippen LogP contribution in [0.25, 0.3) is 0 Å². The van der Waals surface area contributed by atoms with Crippen molar-refractivity contribution in [2.75, 3.05) is 33.0 Å². The number of rotatable bonds is 11. The Hall–Kier alpha value is -0.900. The molecule has 25 heavy (non-hydrogen) atoms. The molecule has 0 aliphatic rings. The van der Waals surface area contributed by atoms with E-state index in [1.54, 1.807) is 0 Å². The van der Waals surface area contributed by atoms with E-state index in [0.29, 0.717) is 43.9 Å². The molecule has 3 heteroatoms. The summed E-state index contributed by atoms with van der Waals surface area (Å²) in [4.78, 5) is 0. The molecule has 1 aromatic rings. The molecule has 0 atom stereocenters. The van der Waals surface area contributed by atoms with Crippen LogP contribution < -0.4 is 0 Å². The Labute approximate surface area is 155 Å². The van der Waals surface area contributed by atoms with E-state index in [0.717, 1.165) is 19.4 Å². The van der Waals surface area contributed by atoms with Gasteiger partial charge in [0.1, 0.15) is 0 Å². The zero-order chi connectivity index (χ0) is 18.8. The molecule has 0 amide bonds. The van der Waals surface area contributed by atoms with Gasteiger partial charge in [-0.2, -0.15) is 0 Å². The Morgan fingerprint density at radius 1 is 0.680 bits per heavy atom. The smallest absolute Gasteiger partial charge is 0.0718 e. The quantitative estimate of drug-likeness (QED) is 0.509. The van der Waals surface area contributed by atoms with E-state index in [2.05, 4.69) is 65.8 Å². The summed E-state index contributed by atoms with van der Waals surface area (Å²) in [6.45, 7) is 17.4. The molecule has 0 aliphatic carbocycles. The molecule has 0 aliphatic heterocycles. The van der Waals surface area contributed by atoms with Gasteiger partial charge in [-0.25, -0.2) is 0 Å². The molecule has 0 aromatic heterocycles. The van der Waals surface area contributed by atoms with E-state index in [-0.39, 0.29) is 0 Å². The van der Waals surface area contributed by atoms with Crippen LogP contribution in [0.3, 0.4) is 0 Å². The molecule has 144 valence electrons. The van der Waals surface area contributed by atoms with Gasteiger partial charge in [-0.1, -0.05) is 65.8 Å². The van der Waals surface area contributed by atoms with Crippen molar-refractivity contribution in [3.8, 4) is 0 Å². The Bertz CT molecular complexity index is 469. The van der Waals surface area contributed by atoms with Gasteiger partial charge in [-0.05, 0) is 34.8 Å². The van der Waals surface area contributed by atoms with Gasteiger partial charge in [0.2, 0.25) is 0 Å². The Morgan fingerprint density at radius 2 is 1.24 bits per heavy atom. The van der Waals surface area contributed by atoms with E-state index in [1.165, 1.54) is 11.1 Å². The Balaban J connectivity index is 2.06. The van der Waals surface area contributed by atoms with Gasteiger partial charge in [0, 0.05) is 6.61 Å². The molecule has 0 saturated carbocycles. The van der Waals surface area contributed by atoms with Crippen molar-refractivity contribution in [1.29, 1.82) is 0 Å². The third kappa shape index (κ3) is 13.0. The van der Waals surface area contributed by atoms with Gasteiger partial charge in [0.25, 0.3) is 0 Å². The average molecular weight is 351 g/mol. The molecule has 1 rings (SSSR count). The highest BCUT2D eigenvalue weighted by Crippen LogP contribution is 2.21. The van der Waals surface area contributed by atoms with Gasteiger partial charge in [0.15, 0.2) is 0 Å². The maximum absolute atomic E-state index is 5.71. The summed E-state index contributed by atoms with van der Waals surface area (Å²) in [5.41, 5.74) is 3.24. The summed E-state index contributed by atoms with van der Waals surface area (Å²) in [6.07, 6.45) is 2.16. The van der Waals surface area contributed by atoms with Crippen molar-refractivity contribution in [2.45, 2.75) is 61.0 Å². The monoisotopic (exact) mass is 350 g/mol. The molecule has 0 bridgehead atoms. The van der Waals surface area contributed by atoms with Gasteiger partial charge >= 0.3 is 0 Å². The minimum atomic E-state index is 0.308. The minimum Gasteiger partial charge on any atom is -0.379 e. The van der Waals surface area contributed by atoms with E-state index in [4.69, 9.17) is 14.2 Å². The lowest BCUT2D eigenvalue weighted by molar-refractivity contribution is 0.00689. The lowest BCUT2D eigenvalue weighted by Gasteiger charge is -2.18. The predicted molar refractivity (Wildman–Crippen MR) is 105 cm³/mol. The summed E-state index contributed by atoms with van der Waals surface area (Å²) in [6, 6.07) is 8.67. The maximum atomic E-state index is 5.71. The highest BCUT2D eigenvalue weighted by Gasteiger charge is 2.11. The summed E-state index contributed by atoms with van der Waals surface area (Å²) < 4.78 is 16.8. The second-order valence-electron chi connectivity index (χ2n) is 9.15. The maximum Gasteiger partial charge on any atom is 0.0718 e. The number of benzene rings is 1.